The van der Waals surface area contributed by atoms with Crippen LogP contribution in [0.15, 0.2) is 83.3 Å². The van der Waals surface area contributed by atoms with E-state index < -0.39 is 11.9 Å². The molecule has 170 valence electrons. The molecule has 1 atom stereocenters. The summed E-state index contributed by atoms with van der Waals surface area (Å²) in [4.78, 5) is 15.9. The van der Waals surface area contributed by atoms with Crippen molar-refractivity contribution in [2.45, 2.75) is 13.3 Å². The number of aliphatic carboxylic acids is 1. The molecular weight excluding hydrogens is 428 g/mol. The third kappa shape index (κ3) is 4.43. The fraction of sp³-hybridized carbons (Fsp3) is 0.143. The molecular formula is C28H24N2O4. The van der Waals surface area contributed by atoms with Gasteiger partial charge < -0.3 is 19.6 Å². The Bertz CT molecular complexity index is 1340. The number of benzene rings is 3. The number of hydrogen-bond donors (Lipinski definition) is 2. The Morgan fingerprint density at radius 3 is 2.59 bits per heavy atom. The monoisotopic (exact) mass is 452 g/mol. The molecule has 6 nitrogen and oxygen atoms in total. The highest BCUT2D eigenvalue weighted by atomic mass is 16.5. The van der Waals surface area contributed by atoms with Gasteiger partial charge >= 0.3 is 5.97 Å². The molecule has 0 aliphatic heterocycles. The number of allylic oxidation sites excluding steroid dienone is 1. The lowest BCUT2D eigenvalue weighted by molar-refractivity contribution is -0.140. The first-order valence-corrected chi connectivity index (χ1v) is 11.2. The van der Waals surface area contributed by atoms with Gasteiger partial charge in [-0.1, -0.05) is 55.5 Å². The fourth-order valence-electron chi connectivity index (χ4n) is 3.90. The average molecular weight is 453 g/mol. The van der Waals surface area contributed by atoms with E-state index in [1.54, 1.807) is 6.92 Å². The zero-order valence-corrected chi connectivity index (χ0v) is 18.7. The first-order chi connectivity index (χ1) is 16.6. The second-order valence-corrected chi connectivity index (χ2v) is 8.24. The molecule has 1 aromatic heterocycles. The zero-order valence-electron chi connectivity index (χ0n) is 18.7. The molecule has 34 heavy (non-hydrogen) atoms. The number of nitrogens with zero attached hydrogens (tertiary/aromatic N) is 1. The van der Waals surface area contributed by atoms with Crippen LogP contribution in [0.5, 0.6) is 11.5 Å². The predicted octanol–water partition coefficient (Wildman–Crippen LogP) is 6.50. The minimum atomic E-state index is -0.875. The topological polar surface area (TPSA) is 84.6 Å². The summed E-state index contributed by atoms with van der Waals surface area (Å²) in [5.41, 5.74) is 4.87. The van der Waals surface area contributed by atoms with Crippen molar-refractivity contribution in [3.63, 3.8) is 0 Å². The summed E-state index contributed by atoms with van der Waals surface area (Å²) in [5, 5.41) is 12.2. The molecule has 0 saturated carbocycles. The van der Waals surface area contributed by atoms with E-state index in [1.807, 2.05) is 66.7 Å². The second-order valence-electron chi connectivity index (χ2n) is 8.24. The number of carboxylic acids is 1. The summed E-state index contributed by atoms with van der Waals surface area (Å²) in [6, 6.07) is 23.7. The van der Waals surface area contributed by atoms with Gasteiger partial charge in [0.15, 0.2) is 5.76 Å². The van der Waals surface area contributed by atoms with Gasteiger partial charge in [0.25, 0.3) is 6.01 Å². The SMILES string of the molecule is CC(CNc1nc(-c2ccc(Oc3ccccc3)cc2)c(-c2cccc3c2C=CC3)o1)C(=O)O. The van der Waals surface area contributed by atoms with Crippen LogP contribution in [-0.2, 0) is 11.2 Å². The lowest BCUT2D eigenvalue weighted by Gasteiger charge is -2.08. The molecule has 0 bridgehead atoms. The Labute approximate surface area is 197 Å². The fourth-order valence-corrected chi connectivity index (χ4v) is 3.90. The van der Waals surface area contributed by atoms with Gasteiger partial charge in [-0.25, -0.2) is 0 Å². The third-order valence-corrected chi connectivity index (χ3v) is 5.78. The highest BCUT2D eigenvalue weighted by Crippen LogP contribution is 2.39. The molecule has 5 rings (SSSR count). The average Bonchev–Trinajstić information content (AvgIpc) is 3.51. The summed E-state index contributed by atoms with van der Waals surface area (Å²) in [7, 11) is 0. The van der Waals surface area contributed by atoms with Crippen LogP contribution in [0.2, 0.25) is 0 Å². The van der Waals surface area contributed by atoms with E-state index in [0.717, 1.165) is 34.6 Å². The summed E-state index contributed by atoms with van der Waals surface area (Å²) < 4.78 is 12.1. The normalized spacial score (nSPS) is 12.9. The van der Waals surface area contributed by atoms with E-state index >= 15 is 0 Å². The molecule has 1 aliphatic carbocycles. The van der Waals surface area contributed by atoms with Crippen LogP contribution in [0.4, 0.5) is 6.01 Å². The van der Waals surface area contributed by atoms with Gasteiger partial charge in [-0.15, -0.1) is 0 Å². The summed E-state index contributed by atoms with van der Waals surface area (Å²) in [6.45, 7) is 1.85. The van der Waals surface area contributed by atoms with Crippen LogP contribution in [-0.4, -0.2) is 22.6 Å². The molecule has 4 aromatic rings. The van der Waals surface area contributed by atoms with Crippen LogP contribution < -0.4 is 10.1 Å². The second kappa shape index (κ2) is 9.27. The lowest BCUT2D eigenvalue weighted by Crippen LogP contribution is -2.19. The van der Waals surface area contributed by atoms with Crippen LogP contribution in [0.25, 0.3) is 28.7 Å². The largest absolute Gasteiger partial charge is 0.481 e. The predicted molar refractivity (Wildman–Crippen MR) is 132 cm³/mol. The van der Waals surface area contributed by atoms with E-state index in [-0.39, 0.29) is 6.54 Å². The van der Waals surface area contributed by atoms with Crippen LogP contribution in [0, 0.1) is 5.92 Å². The Hall–Kier alpha value is -4.32. The van der Waals surface area contributed by atoms with E-state index in [1.165, 1.54) is 5.56 Å². The van der Waals surface area contributed by atoms with Gasteiger partial charge in [-0.3, -0.25) is 4.79 Å². The molecule has 1 heterocycles. The van der Waals surface area contributed by atoms with Gasteiger partial charge in [-0.05, 0) is 53.9 Å². The molecule has 2 N–H and O–H groups in total. The molecule has 0 amide bonds. The summed E-state index contributed by atoms with van der Waals surface area (Å²) in [5.74, 6) is 0.683. The maximum Gasteiger partial charge on any atom is 0.308 e. The van der Waals surface area contributed by atoms with Crippen molar-refractivity contribution in [2.75, 3.05) is 11.9 Å². The molecule has 1 unspecified atom stereocenters. The van der Waals surface area contributed by atoms with Gasteiger partial charge in [0.1, 0.15) is 17.2 Å². The van der Waals surface area contributed by atoms with Crippen molar-refractivity contribution < 1.29 is 19.1 Å². The van der Waals surface area contributed by atoms with Crippen molar-refractivity contribution >= 4 is 18.1 Å². The lowest BCUT2D eigenvalue weighted by atomic mass is 9.98. The highest BCUT2D eigenvalue weighted by Gasteiger charge is 2.22. The van der Waals surface area contributed by atoms with Crippen molar-refractivity contribution in [2.24, 2.45) is 5.92 Å². The number of carbonyl (C=O) groups is 1. The van der Waals surface area contributed by atoms with Gasteiger partial charge in [0.05, 0.1) is 5.92 Å². The first-order valence-electron chi connectivity index (χ1n) is 11.2. The van der Waals surface area contributed by atoms with Crippen LogP contribution >= 0.6 is 0 Å². The number of anilines is 1. The Morgan fingerprint density at radius 2 is 1.82 bits per heavy atom. The maximum atomic E-state index is 11.2. The molecule has 0 fully saturated rings. The number of carboxylic acid groups (broad SMARTS) is 1. The van der Waals surface area contributed by atoms with Gasteiger partial charge in [-0.2, -0.15) is 4.98 Å². The van der Waals surface area contributed by atoms with Crippen molar-refractivity contribution in [3.8, 4) is 34.1 Å². The zero-order chi connectivity index (χ0) is 23.5. The number of fused-ring (bicyclic) bond motifs is 1. The van der Waals surface area contributed by atoms with Crippen molar-refractivity contribution in [1.29, 1.82) is 0 Å². The Morgan fingerprint density at radius 1 is 1.06 bits per heavy atom. The van der Waals surface area contributed by atoms with Crippen molar-refractivity contribution in [3.05, 3.63) is 90.0 Å². The standard InChI is InChI=1S/C28H24N2O4/c1-18(27(31)32)17-29-28-30-25(26(34-28)24-12-6-8-19-7-5-11-23(19)24)20-13-15-22(16-14-20)33-21-9-3-2-4-10-21/h2-6,8-16,18H,7,17H2,1H3,(H,29,30)(H,31,32). The number of ether oxygens (including phenoxy) is 1. The number of oxazole rings is 1. The molecule has 0 saturated heterocycles. The molecule has 3 aromatic carbocycles. The Balaban J connectivity index is 1.50. The minimum absolute atomic E-state index is 0.214. The van der Waals surface area contributed by atoms with E-state index in [4.69, 9.17) is 14.1 Å². The first kappa shape index (κ1) is 21.5. The molecule has 6 heteroatoms. The summed E-state index contributed by atoms with van der Waals surface area (Å²) in [6.07, 6.45) is 5.13. The number of rotatable bonds is 8. The Kier molecular flexibility index (Phi) is 5.87. The van der Waals surface area contributed by atoms with Crippen LogP contribution in [0.3, 0.4) is 0 Å². The van der Waals surface area contributed by atoms with E-state index in [0.29, 0.717) is 17.5 Å². The number of para-hydroxylation sites is 1. The molecule has 0 radical (unpaired) electrons. The quantitative estimate of drug-likeness (QED) is 0.317. The van der Waals surface area contributed by atoms with Gasteiger partial charge in [0, 0.05) is 17.7 Å². The smallest absolute Gasteiger partial charge is 0.308 e. The number of aromatic nitrogens is 1. The highest BCUT2D eigenvalue weighted by molar-refractivity contribution is 5.85. The van der Waals surface area contributed by atoms with Crippen molar-refractivity contribution in [1.82, 2.24) is 4.98 Å². The maximum absolute atomic E-state index is 11.2. The molecule has 1 aliphatic rings. The molecule has 0 spiro atoms. The summed E-state index contributed by atoms with van der Waals surface area (Å²) >= 11 is 0. The number of hydrogen-bond acceptors (Lipinski definition) is 5. The third-order valence-electron chi connectivity index (χ3n) is 5.78. The number of nitrogens with one attached hydrogen (secondary N) is 1. The minimum Gasteiger partial charge on any atom is -0.481 e. The van der Waals surface area contributed by atoms with Crippen LogP contribution in [0.1, 0.15) is 18.1 Å². The van der Waals surface area contributed by atoms with Gasteiger partial charge in [0.2, 0.25) is 0 Å². The van der Waals surface area contributed by atoms with E-state index in [9.17, 15) is 9.90 Å². The van der Waals surface area contributed by atoms with E-state index in [2.05, 4.69) is 23.5 Å².